The van der Waals surface area contributed by atoms with Gasteiger partial charge in [-0.25, -0.2) is 0 Å². The minimum atomic E-state index is -4.36. The molecule has 0 saturated heterocycles. The van der Waals surface area contributed by atoms with Crippen molar-refractivity contribution in [2.75, 3.05) is 11.9 Å². The third-order valence-corrected chi connectivity index (χ3v) is 2.69. The van der Waals surface area contributed by atoms with Crippen molar-refractivity contribution in [3.05, 3.63) is 29.3 Å². The van der Waals surface area contributed by atoms with E-state index in [1.54, 1.807) is 6.07 Å². The average molecular weight is 275 g/mol. The molecule has 0 radical (unpaired) electrons. The zero-order valence-electron chi connectivity index (χ0n) is 10.5. The number of carboxylic acids is 1. The van der Waals surface area contributed by atoms with Gasteiger partial charge in [-0.2, -0.15) is 13.2 Å². The molecule has 1 aromatic rings. The quantitative estimate of drug-likeness (QED) is 0.779. The Kier molecular flexibility index (Phi) is 5.20. The number of carboxylic acid groups (broad SMARTS) is 1. The lowest BCUT2D eigenvalue weighted by molar-refractivity contribution is -0.138. The molecule has 2 N–H and O–H groups in total. The van der Waals surface area contributed by atoms with E-state index in [-0.39, 0.29) is 12.0 Å². The third-order valence-electron chi connectivity index (χ3n) is 2.69. The lowest BCUT2D eigenvalue weighted by atomic mass is 10.1. The van der Waals surface area contributed by atoms with Gasteiger partial charge in [-0.05, 0) is 37.5 Å². The van der Waals surface area contributed by atoms with E-state index in [4.69, 9.17) is 5.11 Å². The molecular weight excluding hydrogens is 259 g/mol. The van der Waals surface area contributed by atoms with Gasteiger partial charge in [-0.1, -0.05) is 6.07 Å². The standard InChI is InChI=1S/C13H16F3NO2/c1-9-5-6-10(8-11(9)13(14,15)16)17-7-3-2-4-12(18)19/h5-6,8,17H,2-4,7H2,1H3,(H,18,19). The Bertz CT molecular complexity index is 444. The second-order valence-corrected chi connectivity index (χ2v) is 4.31. The van der Waals surface area contributed by atoms with Crippen molar-refractivity contribution in [1.29, 1.82) is 0 Å². The summed E-state index contributed by atoms with van der Waals surface area (Å²) in [4.78, 5) is 10.3. The normalized spacial score (nSPS) is 11.4. The molecule has 0 aliphatic rings. The lowest BCUT2D eigenvalue weighted by Gasteiger charge is -2.13. The predicted octanol–water partition coefficient (Wildman–Crippen LogP) is 3.68. The molecule has 0 amide bonds. The molecule has 3 nitrogen and oxygen atoms in total. The van der Waals surface area contributed by atoms with Crippen LogP contribution in [-0.4, -0.2) is 17.6 Å². The SMILES string of the molecule is Cc1ccc(NCCCCC(=O)O)cc1C(F)(F)F. The van der Waals surface area contributed by atoms with Gasteiger partial charge >= 0.3 is 12.1 Å². The van der Waals surface area contributed by atoms with Gasteiger partial charge in [0.2, 0.25) is 0 Å². The number of halogens is 3. The van der Waals surface area contributed by atoms with Crippen LogP contribution in [0.25, 0.3) is 0 Å². The number of aliphatic carboxylic acids is 1. The molecule has 19 heavy (non-hydrogen) atoms. The van der Waals surface area contributed by atoms with Crippen LogP contribution in [0, 0.1) is 6.92 Å². The summed E-state index contributed by atoms with van der Waals surface area (Å²) in [5, 5.41) is 11.3. The van der Waals surface area contributed by atoms with Crippen LogP contribution in [-0.2, 0) is 11.0 Å². The maximum atomic E-state index is 12.7. The van der Waals surface area contributed by atoms with E-state index in [1.165, 1.54) is 13.0 Å². The molecule has 0 atom stereocenters. The average Bonchev–Trinajstić information content (AvgIpc) is 2.28. The highest BCUT2D eigenvalue weighted by atomic mass is 19.4. The van der Waals surface area contributed by atoms with Crippen LogP contribution in [0.15, 0.2) is 18.2 Å². The highest BCUT2D eigenvalue weighted by molar-refractivity contribution is 5.66. The van der Waals surface area contributed by atoms with Gasteiger partial charge in [-0.15, -0.1) is 0 Å². The Morgan fingerprint density at radius 2 is 2.00 bits per heavy atom. The Labute approximate surface area is 109 Å². The fourth-order valence-electron chi connectivity index (χ4n) is 1.67. The largest absolute Gasteiger partial charge is 0.481 e. The topological polar surface area (TPSA) is 49.3 Å². The van der Waals surface area contributed by atoms with Crippen LogP contribution >= 0.6 is 0 Å². The molecule has 106 valence electrons. The zero-order chi connectivity index (χ0) is 14.5. The number of unbranched alkanes of at least 4 members (excludes halogenated alkanes) is 1. The van der Waals surface area contributed by atoms with Crippen molar-refractivity contribution in [1.82, 2.24) is 0 Å². The number of hydrogen-bond donors (Lipinski definition) is 2. The fraction of sp³-hybridized carbons (Fsp3) is 0.462. The first kappa shape index (κ1) is 15.3. The highest BCUT2D eigenvalue weighted by Crippen LogP contribution is 2.33. The molecule has 0 bridgehead atoms. The number of carbonyl (C=O) groups is 1. The van der Waals surface area contributed by atoms with Crippen molar-refractivity contribution in [2.24, 2.45) is 0 Å². The smallest absolute Gasteiger partial charge is 0.416 e. The van der Waals surface area contributed by atoms with Crippen molar-refractivity contribution < 1.29 is 23.1 Å². The summed E-state index contributed by atoms with van der Waals surface area (Å²) < 4.78 is 38.0. The molecule has 0 unspecified atom stereocenters. The number of nitrogens with one attached hydrogen (secondary N) is 1. The Morgan fingerprint density at radius 3 is 2.58 bits per heavy atom. The third kappa shape index (κ3) is 5.19. The first-order valence-electron chi connectivity index (χ1n) is 5.94. The van der Waals surface area contributed by atoms with Gasteiger partial charge in [0.1, 0.15) is 0 Å². The summed E-state index contributed by atoms with van der Waals surface area (Å²) in [6.45, 7) is 1.87. The van der Waals surface area contributed by atoms with Crippen molar-refractivity contribution >= 4 is 11.7 Å². The Hall–Kier alpha value is -1.72. The van der Waals surface area contributed by atoms with Gasteiger partial charge in [0, 0.05) is 18.7 Å². The van der Waals surface area contributed by atoms with Gasteiger partial charge in [0.05, 0.1) is 5.56 Å². The van der Waals surface area contributed by atoms with Gasteiger partial charge in [0.15, 0.2) is 0 Å². The maximum Gasteiger partial charge on any atom is 0.416 e. The maximum absolute atomic E-state index is 12.7. The molecule has 0 aromatic heterocycles. The fourth-order valence-corrected chi connectivity index (χ4v) is 1.67. The summed E-state index contributed by atoms with van der Waals surface area (Å²) >= 11 is 0. The van der Waals surface area contributed by atoms with E-state index in [1.807, 2.05) is 0 Å². The molecule has 0 aliphatic carbocycles. The first-order chi connectivity index (χ1) is 8.80. The van der Waals surface area contributed by atoms with E-state index in [9.17, 15) is 18.0 Å². The number of anilines is 1. The second kappa shape index (κ2) is 6.45. The Morgan fingerprint density at radius 1 is 1.32 bits per heavy atom. The van der Waals surface area contributed by atoms with E-state index >= 15 is 0 Å². The summed E-state index contributed by atoms with van der Waals surface area (Å²) in [6.07, 6.45) is -3.18. The molecule has 0 spiro atoms. The minimum Gasteiger partial charge on any atom is -0.481 e. The van der Waals surface area contributed by atoms with Crippen molar-refractivity contribution in [3.8, 4) is 0 Å². The molecule has 1 rings (SSSR count). The van der Waals surface area contributed by atoms with Crippen LogP contribution in [0.5, 0.6) is 0 Å². The minimum absolute atomic E-state index is 0.0728. The Balaban J connectivity index is 2.53. The molecule has 0 aliphatic heterocycles. The number of hydrogen-bond acceptors (Lipinski definition) is 2. The monoisotopic (exact) mass is 275 g/mol. The number of benzene rings is 1. The van der Waals surface area contributed by atoms with Gasteiger partial charge in [0.25, 0.3) is 0 Å². The van der Waals surface area contributed by atoms with Crippen LogP contribution in [0.1, 0.15) is 30.4 Å². The molecular formula is C13H16F3NO2. The van der Waals surface area contributed by atoms with E-state index in [0.717, 1.165) is 6.07 Å². The van der Waals surface area contributed by atoms with Crippen molar-refractivity contribution in [3.63, 3.8) is 0 Å². The van der Waals surface area contributed by atoms with Gasteiger partial charge < -0.3 is 10.4 Å². The number of alkyl halides is 3. The highest BCUT2D eigenvalue weighted by Gasteiger charge is 2.32. The molecule has 6 heteroatoms. The van der Waals surface area contributed by atoms with Crippen LogP contribution < -0.4 is 5.32 Å². The van der Waals surface area contributed by atoms with E-state index in [0.29, 0.717) is 25.1 Å². The molecule has 0 heterocycles. The van der Waals surface area contributed by atoms with Crippen LogP contribution in [0.4, 0.5) is 18.9 Å². The number of rotatable bonds is 6. The van der Waals surface area contributed by atoms with E-state index < -0.39 is 17.7 Å². The second-order valence-electron chi connectivity index (χ2n) is 4.31. The summed E-state index contributed by atoms with van der Waals surface area (Å²) in [5.41, 5.74) is -0.0692. The summed E-state index contributed by atoms with van der Waals surface area (Å²) in [6, 6.07) is 4.08. The van der Waals surface area contributed by atoms with Crippen LogP contribution in [0.2, 0.25) is 0 Å². The lowest BCUT2D eigenvalue weighted by Crippen LogP contribution is -2.09. The van der Waals surface area contributed by atoms with Gasteiger partial charge in [-0.3, -0.25) is 4.79 Å². The van der Waals surface area contributed by atoms with E-state index in [2.05, 4.69) is 5.32 Å². The number of aryl methyl sites for hydroxylation is 1. The zero-order valence-corrected chi connectivity index (χ0v) is 10.5. The van der Waals surface area contributed by atoms with Crippen LogP contribution in [0.3, 0.4) is 0 Å². The first-order valence-corrected chi connectivity index (χ1v) is 5.94. The van der Waals surface area contributed by atoms with Crippen molar-refractivity contribution in [2.45, 2.75) is 32.4 Å². The molecule has 1 aromatic carbocycles. The summed E-state index contributed by atoms with van der Waals surface area (Å²) in [7, 11) is 0. The predicted molar refractivity (Wildman–Crippen MR) is 66.2 cm³/mol. The molecule has 0 fully saturated rings. The summed E-state index contributed by atoms with van der Waals surface area (Å²) in [5.74, 6) is -0.866. The molecule has 0 saturated carbocycles.